The minimum atomic E-state index is -0.291. The Bertz CT molecular complexity index is 545. The van der Waals surface area contributed by atoms with Gasteiger partial charge < -0.3 is 4.42 Å². The van der Waals surface area contributed by atoms with Gasteiger partial charge >= 0.3 is 5.63 Å². The summed E-state index contributed by atoms with van der Waals surface area (Å²) in [5.41, 5.74) is 1.59. The van der Waals surface area contributed by atoms with Gasteiger partial charge in [0.05, 0.1) is 0 Å². The summed E-state index contributed by atoms with van der Waals surface area (Å²) >= 11 is 0. The molecule has 3 heteroatoms. The molecule has 3 nitrogen and oxygen atoms in total. The Hall–Kier alpha value is -1.64. The minimum absolute atomic E-state index is 0.291. The van der Waals surface area contributed by atoms with E-state index in [2.05, 4.69) is 11.9 Å². The Morgan fingerprint density at radius 1 is 1.18 bits per heavy atom. The van der Waals surface area contributed by atoms with E-state index in [0.29, 0.717) is 17.7 Å². The molecule has 0 aliphatic carbocycles. The van der Waals surface area contributed by atoms with Gasteiger partial charge in [0, 0.05) is 0 Å². The second-order valence-corrected chi connectivity index (χ2v) is 4.23. The summed E-state index contributed by atoms with van der Waals surface area (Å²) < 4.78 is 5.23. The first-order valence-corrected chi connectivity index (χ1v) is 6.20. The van der Waals surface area contributed by atoms with Gasteiger partial charge in [0.25, 0.3) is 0 Å². The summed E-state index contributed by atoms with van der Waals surface area (Å²) in [5.74, 6) is 0. The number of aromatic nitrogens is 1. The largest absolute Gasteiger partial charge is 0.420 e. The molecule has 2 aromatic rings. The van der Waals surface area contributed by atoms with Crippen LogP contribution in [0, 0.1) is 0 Å². The van der Waals surface area contributed by atoms with Crippen molar-refractivity contribution in [2.45, 2.75) is 39.0 Å². The van der Waals surface area contributed by atoms with Gasteiger partial charge in [-0.2, -0.15) is 0 Å². The molecule has 0 amide bonds. The Morgan fingerprint density at radius 3 is 2.82 bits per heavy atom. The van der Waals surface area contributed by atoms with E-state index in [1.54, 1.807) is 6.07 Å². The predicted molar refractivity (Wildman–Crippen MR) is 68.1 cm³/mol. The van der Waals surface area contributed by atoms with E-state index >= 15 is 0 Å². The molecule has 0 saturated heterocycles. The van der Waals surface area contributed by atoms with Crippen LogP contribution in [0.2, 0.25) is 0 Å². The van der Waals surface area contributed by atoms with E-state index < -0.39 is 0 Å². The van der Waals surface area contributed by atoms with Crippen molar-refractivity contribution in [2.24, 2.45) is 0 Å². The first kappa shape index (κ1) is 11.8. The van der Waals surface area contributed by atoms with E-state index in [4.69, 9.17) is 4.42 Å². The van der Waals surface area contributed by atoms with Crippen molar-refractivity contribution in [2.75, 3.05) is 0 Å². The predicted octanol–water partition coefficient (Wildman–Crippen LogP) is 3.31. The molecule has 1 aromatic heterocycles. The van der Waals surface area contributed by atoms with Gasteiger partial charge in [0.15, 0.2) is 5.58 Å². The topological polar surface area (TPSA) is 43.1 Å². The molecular formula is C14H17NO2. The van der Waals surface area contributed by atoms with Crippen LogP contribution in [-0.2, 0) is 6.42 Å². The molecule has 0 fully saturated rings. The lowest BCUT2D eigenvalue weighted by Gasteiger charge is -2.01. The van der Waals surface area contributed by atoms with Crippen LogP contribution in [0.4, 0.5) is 0 Å². The first-order valence-electron chi connectivity index (χ1n) is 6.20. The third-order valence-corrected chi connectivity index (χ3v) is 2.83. The smallest absolute Gasteiger partial charge is 0.358 e. The number of hydrogen-bond donors (Lipinski definition) is 0. The molecule has 0 aliphatic heterocycles. The van der Waals surface area contributed by atoms with Crippen LogP contribution in [0.15, 0.2) is 33.5 Å². The summed E-state index contributed by atoms with van der Waals surface area (Å²) in [4.78, 5) is 16.0. The fourth-order valence-electron chi connectivity index (χ4n) is 1.86. The van der Waals surface area contributed by atoms with Crippen molar-refractivity contribution in [3.05, 3.63) is 40.4 Å². The lowest BCUT2D eigenvalue weighted by atomic mass is 10.1. The number of hydrogen-bond acceptors (Lipinski definition) is 3. The summed E-state index contributed by atoms with van der Waals surface area (Å²) in [6.45, 7) is 2.17. The molecule has 2 rings (SSSR count). The SMILES string of the molecule is CCCCCCc1nc2ccccc2oc1=O. The molecular weight excluding hydrogens is 214 g/mol. The van der Waals surface area contributed by atoms with E-state index in [9.17, 15) is 4.79 Å². The van der Waals surface area contributed by atoms with E-state index in [0.717, 1.165) is 18.4 Å². The first-order chi connectivity index (χ1) is 8.31. The van der Waals surface area contributed by atoms with E-state index in [-0.39, 0.29) is 5.63 Å². The summed E-state index contributed by atoms with van der Waals surface area (Å²) in [6, 6.07) is 7.38. The Morgan fingerprint density at radius 2 is 2.00 bits per heavy atom. The van der Waals surface area contributed by atoms with E-state index in [1.807, 2.05) is 18.2 Å². The quantitative estimate of drug-likeness (QED) is 0.741. The highest BCUT2D eigenvalue weighted by molar-refractivity contribution is 5.71. The maximum atomic E-state index is 11.7. The zero-order valence-corrected chi connectivity index (χ0v) is 10.1. The average molecular weight is 231 g/mol. The molecule has 0 radical (unpaired) electrons. The number of rotatable bonds is 5. The third kappa shape index (κ3) is 2.93. The number of fused-ring (bicyclic) bond motifs is 1. The summed E-state index contributed by atoms with van der Waals surface area (Å²) in [5, 5.41) is 0. The van der Waals surface area contributed by atoms with Crippen LogP contribution >= 0.6 is 0 Å². The highest BCUT2D eigenvalue weighted by Crippen LogP contribution is 2.10. The van der Waals surface area contributed by atoms with Crippen molar-refractivity contribution in [3.8, 4) is 0 Å². The van der Waals surface area contributed by atoms with Gasteiger partial charge in [-0.1, -0.05) is 38.3 Å². The second-order valence-electron chi connectivity index (χ2n) is 4.23. The molecule has 0 N–H and O–H groups in total. The van der Waals surface area contributed by atoms with Crippen molar-refractivity contribution >= 4 is 11.1 Å². The standard InChI is InChI=1S/C14H17NO2/c1-2-3-4-5-9-12-14(16)17-13-10-7-6-8-11(13)15-12/h6-8,10H,2-5,9H2,1H3. The van der Waals surface area contributed by atoms with Crippen molar-refractivity contribution in [3.63, 3.8) is 0 Å². The van der Waals surface area contributed by atoms with Gasteiger partial charge in [0.2, 0.25) is 0 Å². The number of para-hydroxylation sites is 2. The zero-order chi connectivity index (χ0) is 12.1. The van der Waals surface area contributed by atoms with Crippen LogP contribution in [0.5, 0.6) is 0 Å². The lowest BCUT2D eigenvalue weighted by molar-refractivity contribution is 0.534. The molecule has 0 spiro atoms. The molecule has 1 aromatic carbocycles. The van der Waals surface area contributed by atoms with Crippen LogP contribution in [-0.4, -0.2) is 4.98 Å². The maximum Gasteiger partial charge on any atom is 0.358 e. The second kappa shape index (κ2) is 5.62. The summed E-state index contributed by atoms with van der Waals surface area (Å²) in [6.07, 6.45) is 5.26. The fourth-order valence-corrected chi connectivity index (χ4v) is 1.86. The molecule has 90 valence electrons. The number of benzene rings is 1. The Balaban J connectivity index is 2.17. The van der Waals surface area contributed by atoms with Crippen molar-refractivity contribution in [1.82, 2.24) is 4.98 Å². The van der Waals surface area contributed by atoms with Gasteiger partial charge in [-0.25, -0.2) is 9.78 Å². The van der Waals surface area contributed by atoms with Crippen LogP contribution < -0.4 is 5.63 Å². The van der Waals surface area contributed by atoms with Crippen molar-refractivity contribution < 1.29 is 4.42 Å². The number of unbranched alkanes of at least 4 members (excludes halogenated alkanes) is 3. The third-order valence-electron chi connectivity index (χ3n) is 2.83. The molecule has 1 heterocycles. The highest BCUT2D eigenvalue weighted by Gasteiger charge is 2.05. The molecule has 0 aliphatic rings. The maximum absolute atomic E-state index is 11.7. The Labute approximate surface area is 100 Å². The monoisotopic (exact) mass is 231 g/mol. The fraction of sp³-hybridized carbons (Fsp3) is 0.429. The van der Waals surface area contributed by atoms with Gasteiger partial charge in [-0.3, -0.25) is 0 Å². The highest BCUT2D eigenvalue weighted by atomic mass is 16.4. The van der Waals surface area contributed by atoms with Gasteiger partial charge in [-0.05, 0) is 25.0 Å². The van der Waals surface area contributed by atoms with Gasteiger partial charge in [-0.15, -0.1) is 0 Å². The Kier molecular flexibility index (Phi) is 3.91. The summed E-state index contributed by atoms with van der Waals surface area (Å²) in [7, 11) is 0. The molecule has 0 bridgehead atoms. The lowest BCUT2D eigenvalue weighted by Crippen LogP contribution is -2.10. The zero-order valence-electron chi connectivity index (χ0n) is 10.1. The van der Waals surface area contributed by atoms with Crippen LogP contribution in [0.3, 0.4) is 0 Å². The van der Waals surface area contributed by atoms with E-state index in [1.165, 1.54) is 12.8 Å². The molecule has 0 atom stereocenters. The number of aryl methyl sites for hydroxylation is 1. The molecule has 17 heavy (non-hydrogen) atoms. The van der Waals surface area contributed by atoms with Crippen molar-refractivity contribution in [1.29, 1.82) is 0 Å². The van der Waals surface area contributed by atoms with Crippen LogP contribution in [0.1, 0.15) is 38.3 Å². The molecule has 0 unspecified atom stereocenters. The van der Waals surface area contributed by atoms with Gasteiger partial charge in [0.1, 0.15) is 11.2 Å². The number of nitrogens with zero attached hydrogens (tertiary/aromatic N) is 1. The molecule has 0 saturated carbocycles. The van der Waals surface area contributed by atoms with Crippen LogP contribution in [0.25, 0.3) is 11.1 Å². The normalized spacial score (nSPS) is 10.9. The average Bonchev–Trinajstić information content (AvgIpc) is 2.35. The minimum Gasteiger partial charge on any atom is -0.420 e.